The zero-order valence-corrected chi connectivity index (χ0v) is 14.1. The molecule has 0 saturated heterocycles. The van der Waals surface area contributed by atoms with E-state index in [0.29, 0.717) is 19.6 Å². The third kappa shape index (κ3) is 3.69. The third-order valence-corrected chi connectivity index (χ3v) is 4.17. The van der Waals surface area contributed by atoms with E-state index in [2.05, 4.69) is 10.4 Å². The lowest BCUT2D eigenvalue weighted by Gasteiger charge is -2.25. The molecule has 1 atom stereocenters. The van der Waals surface area contributed by atoms with Gasteiger partial charge in [0.2, 0.25) is 5.91 Å². The molecule has 0 aliphatic carbocycles. The third-order valence-electron chi connectivity index (χ3n) is 4.17. The molecular weight excluding hydrogens is 306 g/mol. The maximum absolute atomic E-state index is 12.3. The van der Waals surface area contributed by atoms with E-state index in [4.69, 9.17) is 9.47 Å². The van der Waals surface area contributed by atoms with E-state index in [1.807, 2.05) is 42.2 Å². The van der Waals surface area contributed by atoms with Crippen LogP contribution in [0.4, 0.5) is 0 Å². The zero-order chi connectivity index (χ0) is 16.9. The average Bonchev–Trinajstić information content (AvgIpc) is 3.02. The second kappa shape index (κ2) is 7.38. The Balaban J connectivity index is 1.47. The highest BCUT2D eigenvalue weighted by atomic mass is 16.5. The lowest BCUT2D eigenvalue weighted by molar-refractivity contribution is -0.126. The van der Waals surface area contributed by atoms with Gasteiger partial charge in [0.1, 0.15) is 6.61 Å². The Bertz CT molecular complexity index is 711. The van der Waals surface area contributed by atoms with Gasteiger partial charge in [-0.3, -0.25) is 9.48 Å². The molecule has 1 aromatic carbocycles. The van der Waals surface area contributed by atoms with Crippen molar-refractivity contribution in [3.8, 4) is 11.5 Å². The number of aromatic nitrogens is 2. The van der Waals surface area contributed by atoms with Crippen molar-refractivity contribution in [2.24, 2.45) is 5.92 Å². The molecule has 0 spiro atoms. The van der Waals surface area contributed by atoms with Crippen LogP contribution in [0.3, 0.4) is 0 Å². The van der Waals surface area contributed by atoms with Crippen molar-refractivity contribution in [2.45, 2.75) is 26.3 Å². The fourth-order valence-electron chi connectivity index (χ4n) is 2.91. The summed E-state index contributed by atoms with van der Waals surface area (Å²) in [6, 6.07) is 5.78. The Kier molecular flexibility index (Phi) is 5.03. The van der Waals surface area contributed by atoms with E-state index < -0.39 is 0 Å². The van der Waals surface area contributed by atoms with E-state index in [1.165, 1.54) is 0 Å². The number of rotatable bonds is 6. The molecule has 6 nitrogen and oxygen atoms in total. The minimum Gasteiger partial charge on any atom is -0.493 e. The first-order valence-corrected chi connectivity index (χ1v) is 8.23. The molecule has 24 heavy (non-hydrogen) atoms. The highest BCUT2D eigenvalue weighted by molar-refractivity contribution is 5.79. The topological polar surface area (TPSA) is 65.4 Å². The summed E-state index contributed by atoms with van der Waals surface area (Å²) in [6.45, 7) is 3.84. The first-order valence-electron chi connectivity index (χ1n) is 8.23. The van der Waals surface area contributed by atoms with Crippen LogP contribution in [-0.2, 0) is 17.8 Å². The molecule has 1 aliphatic heterocycles. The van der Waals surface area contributed by atoms with Crippen molar-refractivity contribution in [1.29, 1.82) is 0 Å². The van der Waals surface area contributed by atoms with Gasteiger partial charge in [-0.15, -0.1) is 0 Å². The number of para-hydroxylation sites is 1. The zero-order valence-electron chi connectivity index (χ0n) is 14.1. The molecule has 3 rings (SSSR count). The van der Waals surface area contributed by atoms with Crippen molar-refractivity contribution in [3.05, 3.63) is 41.7 Å². The van der Waals surface area contributed by atoms with Crippen LogP contribution < -0.4 is 14.8 Å². The predicted molar refractivity (Wildman–Crippen MR) is 90.3 cm³/mol. The molecule has 1 amide bonds. The average molecular weight is 329 g/mol. The van der Waals surface area contributed by atoms with Crippen LogP contribution in [0.15, 0.2) is 30.6 Å². The SMILES string of the molecule is COc1cccc2c1OC[C@H](C(=O)NCCCn1cc(C)cn1)C2. The van der Waals surface area contributed by atoms with Crippen molar-refractivity contribution in [3.63, 3.8) is 0 Å². The Morgan fingerprint density at radius 2 is 2.38 bits per heavy atom. The van der Waals surface area contributed by atoms with E-state index in [0.717, 1.165) is 35.6 Å². The van der Waals surface area contributed by atoms with E-state index in [9.17, 15) is 4.79 Å². The summed E-state index contributed by atoms with van der Waals surface area (Å²) in [5.41, 5.74) is 2.17. The molecule has 6 heteroatoms. The summed E-state index contributed by atoms with van der Waals surface area (Å²) >= 11 is 0. The molecule has 1 aromatic heterocycles. The summed E-state index contributed by atoms with van der Waals surface area (Å²) in [4.78, 5) is 12.3. The molecule has 2 aromatic rings. The summed E-state index contributed by atoms with van der Waals surface area (Å²) in [6.07, 6.45) is 5.37. The predicted octanol–water partition coefficient (Wildman–Crippen LogP) is 1.96. The van der Waals surface area contributed by atoms with Crippen LogP contribution in [0.2, 0.25) is 0 Å². The summed E-state index contributed by atoms with van der Waals surface area (Å²) in [5.74, 6) is 1.37. The number of nitrogens with zero attached hydrogens (tertiary/aromatic N) is 2. The highest BCUT2D eigenvalue weighted by Crippen LogP contribution is 2.35. The normalized spacial score (nSPS) is 16.2. The highest BCUT2D eigenvalue weighted by Gasteiger charge is 2.27. The number of carbonyl (C=O) groups excluding carboxylic acids is 1. The van der Waals surface area contributed by atoms with Gasteiger partial charge >= 0.3 is 0 Å². The van der Waals surface area contributed by atoms with Crippen LogP contribution in [0, 0.1) is 12.8 Å². The standard InChI is InChI=1S/C18H23N3O3/c1-13-10-20-21(11-13)8-4-7-19-18(22)15-9-14-5-3-6-16(23-2)17(14)24-12-15/h3,5-6,10-11,15H,4,7-9,12H2,1-2H3,(H,19,22)/t15-/m1/s1. The van der Waals surface area contributed by atoms with Crippen molar-refractivity contribution in [2.75, 3.05) is 20.3 Å². The smallest absolute Gasteiger partial charge is 0.226 e. The van der Waals surface area contributed by atoms with Crippen LogP contribution in [0.1, 0.15) is 17.5 Å². The maximum atomic E-state index is 12.3. The Labute approximate surface area is 141 Å². The number of hydrogen-bond donors (Lipinski definition) is 1. The van der Waals surface area contributed by atoms with E-state index >= 15 is 0 Å². The number of aryl methyl sites for hydroxylation is 2. The number of hydrogen-bond acceptors (Lipinski definition) is 4. The molecule has 128 valence electrons. The molecule has 0 bridgehead atoms. The maximum Gasteiger partial charge on any atom is 0.226 e. The number of amides is 1. The molecule has 0 saturated carbocycles. The van der Waals surface area contributed by atoms with Gasteiger partial charge in [-0.2, -0.15) is 5.10 Å². The molecule has 0 radical (unpaired) electrons. The first-order chi connectivity index (χ1) is 11.7. The van der Waals surface area contributed by atoms with Crippen LogP contribution in [-0.4, -0.2) is 35.9 Å². The van der Waals surface area contributed by atoms with Crippen LogP contribution >= 0.6 is 0 Å². The van der Waals surface area contributed by atoms with Crippen LogP contribution in [0.5, 0.6) is 11.5 Å². The van der Waals surface area contributed by atoms with E-state index in [1.54, 1.807) is 7.11 Å². The van der Waals surface area contributed by atoms with Gasteiger partial charge in [0, 0.05) is 19.3 Å². The van der Waals surface area contributed by atoms with Gasteiger partial charge in [0.05, 0.1) is 19.2 Å². The number of methoxy groups -OCH3 is 1. The fourth-order valence-corrected chi connectivity index (χ4v) is 2.91. The van der Waals surface area contributed by atoms with Gasteiger partial charge in [-0.25, -0.2) is 0 Å². The summed E-state index contributed by atoms with van der Waals surface area (Å²) < 4.78 is 13.0. The fraction of sp³-hybridized carbons (Fsp3) is 0.444. The number of benzene rings is 1. The Morgan fingerprint density at radius 3 is 3.12 bits per heavy atom. The minimum atomic E-state index is -0.156. The molecule has 1 aliphatic rings. The molecule has 2 heterocycles. The summed E-state index contributed by atoms with van der Waals surface area (Å²) in [5, 5.41) is 7.23. The van der Waals surface area contributed by atoms with Gasteiger partial charge in [0.25, 0.3) is 0 Å². The van der Waals surface area contributed by atoms with Gasteiger partial charge in [-0.1, -0.05) is 12.1 Å². The number of carbonyl (C=O) groups is 1. The second-order valence-corrected chi connectivity index (χ2v) is 6.09. The van der Waals surface area contributed by atoms with Crippen molar-refractivity contribution in [1.82, 2.24) is 15.1 Å². The number of nitrogens with one attached hydrogen (secondary N) is 1. The number of fused-ring (bicyclic) bond motifs is 1. The molecule has 1 N–H and O–H groups in total. The molecule has 0 fully saturated rings. The lowest BCUT2D eigenvalue weighted by atomic mass is 9.95. The monoisotopic (exact) mass is 329 g/mol. The summed E-state index contributed by atoms with van der Waals surface area (Å²) in [7, 11) is 1.62. The Morgan fingerprint density at radius 1 is 1.50 bits per heavy atom. The van der Waals surface area contributed by atoms with Gasteiger partial charge in [-0.05, 0) is 37.0 Å². The van der Waals surface area contributed by atoms with Gasteiger partial charge in [0.15, 0.2) is 11.5 Å². The largest absolute Gasteiger partial charge is 0.493 e. The first kappa shape index (κ1) is 16.4. The van der Waals surface area contributed by atoms with Gasteiger partial charge < -0.3 is 14.8 Å². The quantitative estimate of drug-likeness (QED) is 0.823. The Hall–Kier alpha value is -2.50. The molecular formula is C18H23N3O3. The second-order valence-electron chi connectivity index (χ2n) is 6.09. The van der Waals surface area contributed by atoms with Crippen molar-refractivity contribution < 1.29 is 14.3 Å². The lowest BCUT2D eigenvalue weighted by Crippen LogP contribution is -2.38. The van der Waals surface area contributed by atoms with E-state index in [-0.39, 0.29) is 11.8 Å². The molecule has 0 unspecified atom stereocenters. The minimum absolute atomic E-state index is 0.0418. The van der Waals surface area contributed by atoms with Crippen molar-refractivity contribution >= 4 is 5.91 Å². The number of ether oxygens (including phenoxy) is 2. The van der Waals surface area contributed by atoms with Crippen LogP contribution in [0.25, 0.3) is 0 Å².